The van der Waals surface area contributed by atoms with Crippen molar-refractivity contribution in [2.75, 3.05) is 5.32 Å². The number of anilines is 1. The molecule has 1 aliphatic rings. The number of benzene rings is 2. The molecule has 1 N–H and O–H groups in total. The van der Waals surface area contributed by atoms with E-state index in [1.807, 2.05) is 30.3 Å². The van der Waals surface area contributed by atoms with Crippen molar-refractivity contribution in [1.29, 1.82) is 0 Å². The Morgan fingerprint density at radius 1 is 1.17 bits per heavy atom. The third-order valence-electron chi connectivity index (χ3n) is 3.83. The number of hydrogen-bond donors (Lipinski definition) is 1. The molecule has 0 aliphatic carbocycles. The zero-order valence-corrected chi connectivity index (χ0v) is 12.5. The highest BCUT2D eigenvalue weighted by Crippen LogP contribution is 2.32. The highest BCUT2D eigenvalue weighted by molar-refractivity contribution is 5.94. The van der Waals surface area contributed by atoms with E-state index >= 15 is 0 Å². The second-order valence-electron chi connectivity index (χ2n) is 5.47. The van der Waals surface area contributed by atoms with Gasteiger partial charge >= 0.3 is 0 Å². The maximum Gasteiger partial charge on any atom is 0.267 e. The van der Waals surface area contributed by atoms with E-state index in [0.29, 0.717) is 23.6 Å². The number of aromatic nitrogens is 1. The van der Waals surface area contributed by atoms with Crippen LogP contribution >= 0.6 is 0 Å². The summed E-state index contributed by atoms with van der Waals surface area (Å²) in [5.41, 5.74) is 1.54. The number of nitrogens with one attached hydrogen (secondary N) is 1. The largest absolute Gasteiger partial charge is 0.477 e. The molecule has 1 amide bonds. The average molecular weight is 324 g/mol. The Kier molecular flexibility index (Phi) is 3.49. The van der Waals surface area contributed by atoms with Crippen LogP contribution in [0.2, 0.25) is 0 Å². The summed E-state index contributed by atoms with van der Waals surface area (Å²) in [4.78, 5) is 12.3. The molecular formula is C18H13FN2O3. The van der Waals surface area contributed by atoms with Gasteiger partial charge in [-0.25, -0.2) is 4.39 Å². The lowest BCUT2D eigenvalue weighted by Gasteiger charge is -2.09. The summed E-state index contributed by atoms with van der Waals surface area (Å²) in [5, 5.41) is 6.47. The van der Waals surface area contributed by atoms with Crippen LogP contribution in [0.5, 0.6) is 5.75 Å². The number of rotatable bonds is 3. The molecule has 0 saturated carbocycles. The third kappa shape index (κ3) is 2.62. The van der Waals surface area contributed by atoms with Gasteiger partial charge in [-0.3, -0.25) is 4.79 Å². The van der Waals surface area contributed by atoms with E-state index in [4.69, 9.17) is 9.26 Å². The van der Waals surface area contributed by atoms with Crippen molar-refractivity contribution in [3.05, 3.63) is 66.0 Å². The van der Waals surface area contributed by atoms with E-state index < -0.39 is 17.8 Å². The SMILES string of the molecule is O=C(Nc1cc(-c2ccccc2)on1)[C@H]1Cc2cccc(F)c2O1. The van der Waals surface area contributed by atoms with Gasteiger partial charge in [-0.1, -0.05) is 47.6 Å². The van der Waals surface area contributed by atoms with Crippen LogP contribution in [0.15, 0.2) is 59.1 Å². The van der Waals surface area contributed by atoms with Crippen molar-refractivity contribution in [3.8, 4) is 17.1 Å². The second kappa shape index (κ2) is 5.81. The van der Waals surface area contributed by atoms with Crippen LogP contribution in [0.1, 0.15) is 5.56 Å². The highest BCUT2D eigenvalue weighted by atomic mass is 19.1. The lowest BCUT2D eigenvalue weighted by Crippen LogP contribution is -2.31. The van der Waals surface area contributed by atoms with Gasteiger partial charge in [-0.15, -0.1) is 0 Å². The molecule has 1 atom stereocenters. The minimum atomic E-state index is -0.784. The quantitative estimate of drug-likeness (QED) is 0.802. The maximum absolute atomic E-state index is 13.7. The summed E-state index contributed by atoms with van der Waals surface area (Å²) in [5.74, 6) is 0.128. The summed E-state index contributed by atoms with van der Waals surface area (Å²) >= 11 is 0. The summed E-state index contributed by atoms with van der Waals surface area (Å²) in [6.07, 6.45) is -0.462. The summed E-state index contributed by atoms with van der Waals surface area (Å²) < 4.78 is 24.3. The number of nitrogens with zero attached hydrogens (tertiary/aromatic N) is 1. The first-order valence-electron chi connectivity index (χ1n) is 7.48. The smallest absolute Gasteiger partial charge is 0.267 e. The molecule has 2 heterocycles. The molecule has 4 rings (SSSR count). The number of carbonyl (C=O) groups is 1. The molecule has 1 aliphatic heterocycles. The number of ether oxygens (including phenoxy) is 1. The molecule has 5 nitrogen and oxygen atoms in total. The topological polar surface area (TPSA) is 64.4 Å². The fourth-order valence-corrected chi connectivity index (χ4v) is 2.66. The van der Waals surface area contributed by atoms with Crippen LogP contribution in [0.25, 0.3) is 11.3 Å². The lowest BCUT2D eigenvalue weighted by atomic mass is 10.1. The molecule has 0 fully saturated rings. The first kappa shape index (κ1) is 14.4. The molecule has 0 bridgehead atoms. The fraction of sp³-hybridized carbons (Fsp3) is 0.111. The van der Waals surface area contributed by atoms with Crippen LogP contribution in [-0.4, -0.2) is 17.2 Å². The molecule has 3 aromatic rings. The van der Waals surface area contributed by atoms with Gasteiger partial charge in [-0.2, -0.15) is 0 Å². The van der Waals surface area contributed by atoms with Crippen molar-refractivity contribution in [2.24, 2.45) is 0 Å². The molecule has 0 unspecified atom stereocenters. The van der Waals surface area contributed by atoms with Crippen molar-refractivity contribution in [2.45, 2.75) is 12.5 Å². The van der Waals surface area contributed by atoms with Crippen LogP contribution < -0.4 is 10.1 Å². The number of halogens is 1. The van der Waals surface area contributed by atoms with E-state index in [0.717, 1.165) is 5.56 Å². The van der Waals surface area contributed by atoms with Gasteiger partial charge in [-0.05, 0) is 6.07 Å². The Morgan fingerprint density at radius 3 is 2.79 bits per heavy atom. The third-order valence-corrected chi connectivity index (χ3v) is 3.83. The van der Waals surface area contributed by atoms with Crippen molar-refractivity contribution in [1.82, 2.24) is 5.16 Å². The Labute approximate surface area is 137 Å². The summed E-state index contributed by atoms with van der Waals surface area (Å²) in [7, 11) is 0. The van der Waals surface area contributed by atoms with Gasteiger partial charge in [0.05, 0.1) is 0 Å². The predicted molar refractivity (Wildman–Crippen MR) is 85.1 cm³/mol. The van der Waals surface area contributed by atoms with Crippen LogP contribution in [0.3, 0.4) is 0 Å². The van der Waals surface area contributed by atoms with Crippen LogP contribution in [-0.2, 0) is 11.2 Å². The van der Waals surface area contributed by atoms with Crippen LogP contribution in [0.4, 0.5) is 10.2 Å². The molecule has 120 valence electrons. The maximum atomic E-state index is 13.7. The molecule has 0 spiro atoms. The molecule has 1 aromatic heterocycles. The van der Waals surface area contributed by atoms with Gasteiger partial charge in [0.1, 0.15) is 0 Å². The molecular weight excluding hydrogens is 311 g/mol. The molecule has 0 radical (unpaired) electrons. The minimum absolute atomic E-state index is 0.141. The van der Waals surface area contributed by atoms with Crippen molar-refractivity contribution in [3.63, 3.8) is 0 Å². The summed E-state index contributed by atoms with van der Waals surface area (Å²) in [6, 6.07) is 15.7. The van der Waals surface area contributed by atoms with Gasteiger partial charge in [0.15, 0.2) is 29.2 Å². The van der Waals surface area contributed by atoms with Gasteiger partial charge in [0.2, 0.25) is 0 Å². The first-order valence-corrected chi connectivity index (χ1v) is 7.48. The van der Waals surface area contributed by atoms with E-state index in [-0.39, 0.29) is 5.75 Å². The Bertz CT molecular complexity index is 892. The van der Waals surface area contributed by atoms with E-state index in [1.54, 1.807) is 18.2 Å². The first-order chi connectivity index (χ1) is 11.7. The molecule has 0 saturated heterocycles. The van der Waals surface area contributed by atoms with Crippen molar-refractivity contribution >= 4 is 11.7 Å². The Morgan fingerprint density at radius 2 is 2.00 bits per heavy atom. The van der Waals surface area contributed by atoms with Crippen molar-refractivity contribution < 1.29 is 18.4 Å². The van der Waals surface area contributed by atoms with Gasteiger partial charge in [0, 0.05) is 23.6 Å². The molecule has 6 heteroatoms. The molecule has 24 heavy (non-hydrogen) atoms. The van der Waals surface area contributed by atoms with Gasteiger partial charge < -0.3 is 14.6 Å². The predicted octanol–water partition coefficient (Wildman–Crippen LogP) is 3.42. The van der Waals surface area contributed by atoms with E-state index in [2.05, 4.69) is 10.5 Å². The monoisotopic (exact) mass is 324 g/mol. The minimum Gasteiger partial charge on any atom is -0.477 e. The number of para-hydroxylation sites is 1. The zero-order valence-electron chi connectivity index (χ0n) is 12.5. The zero-order chi connectivity index (χ0) is 16.5. The number of amides is 1. The molecule has 2 aromatic carbocycles. The van der Waals surface area contributed by atoms with Crippen LogP contribution in [0, 0.1) is 5.82 Å². The fourth-order valence-electron chi connectivity index (χ4n) is 2.66. The number of hydrogen-bond acceptors (Lipinski definition) is 4. The van der Waals surface area contributed by atoms with E-state index in [9.17, 15) is 9.18 Å². The average Bonchev–Trinajstić information content (AvgIpc) is 3.23. The Hall–Kier alpha value is -3.15. The highest BCUT2D eigenvalue weighted by Gasteiger charge is 2.31. The standard InChI is InChI=1S/C18H13FN2O3/c19-13-8-4-7-12-9-15(23-17(12)13)18(22)20-16-10-14(24-21-16)11-5-2-1-3-6-11/h1-8,10,15H,9H2,(H,20,21,22)/t15-/m1/s1. The number of carbonyl (C=O) groups excluding carboxylic acids is 1. The summed E-state index contributed by atoms with van der Waals surface area (Å²) in [6.45, 7) is 0. The van der Waals surface area contributed by atoms with E-state index in [1.165, 1.54) is 6.07 Å². The van der Waals surface area contributed by atoms with Gasteiger partial charge in [0.25, 0.3) is 5.91 Å². The normalized spacial score (nSPS) is 15.6. The number of fused-ring (bicyclic) bond motifs is 1. The second-order valence-corrected chi connectivity index (χ2v) is 5.47. The Balaban J connectivity index is 1.46. The lowest BCUT2D eigenvalue weighted by molar-refractivity contribution is -0.122.